The van der Waals surface area contributed by atoms with E-state index in [0.29, 0.717) is 22.6 Å². The molecule has 0 unspecified atom stereocenters. The minimum absolute atomic E-state index is 0.0769. The van der Waals surface area contributed by atoms with E-state index in [1.807, 2.05) is 0 Å². The molecule has 1 aliphatic heterocycles. The molecule has 3 atom stereocenters. The molecule has 0 spiro atoms. The number of phenolic OH excluding ortho intramolecular Hbond substituents is 2. The van der Waals surface area contributed by atoms with Gasteiger partial charge in [-0.3, -0.25) is 0 Å². The van der Waals surface area contributed by atoms with Gasteiger partial charge in [0.05, 0.1) is 7.11 Å². The predicted octanol–water partition coefficient (Wildman–Crippen LogP) is 1.66. The molecule has 0 radical (unpaired) electrons. The van der Waals surface area contributed by atoms with Gasteiger partial charge in [-0.1, -0.05) is 12.1 Å². The number of aromatic hydroxyl groups is 2. The maximum Gasteiger partial charge on any atom is 0.335 e. The van der Waals surface area contributed by atoms with Crippen LogP contribution in [0.1, 0.15) is 17.2 Å². The van der Waals surface area contributed by atoms with Crippen LogP contribution in [0.25, 0.3) is 0 Å². The van der Waals surface area contributed by atoms with Crippen molar-refractivity contribution in [1.82, 2.24) is 0 Å². The Bertz CT molecular complexity index is 834. The summed E-state index contributed by atoms with van der Waals surface area (Å²) in [5, 5.41) is 28.9. The van der Waals surface area contributed by atoms with E-state index < -0.39 is 24.5 Å². The van der Waals surface area contributed by atoms with Crippen LogP contribution in [0.15, 0.2) is 36.4 Å². The van der Waals surface area contributed by atoms with Crippen molar-refractivity contribution < 1.29 is 39.1 Å². The summed E-state index contributed by atoms with van der Waals surface area (Å²) in [5.41, 5.74) is 1.24. The number of benzene rings is 2. The van der Waals surface area contributed by atoms with Crippen molar-refractivity contribution in [2.24, 2.45) is 0 Å². The van der Waals surface area contributed by atoms with Crippen molar-refractivity contribution >= 4 is 5.97 Å². The number of carbonyl (C=O) groups excluding carboxylic acids is 1. The van der Waals surface area contributed by atoms with Crippen LogP contribution in [0.5, 0.6) is 23.0 Å². The van der Waals surface area contributed by atoms with Gasteiger partial charge in [-0.25, -0.2) is 4.79 Å². The molecule has 0 aromatic heterocycles. The maximum atomic E-state index is 11.4. The number of fused-ring (bicyclic) bond motifs is 1. The Hall–Kier alpha value is -2.97. The van der Waals surface area contributed by atoms with E-state index >= 15 is 0 Å². The normalized spacial score (nSPS) is 17.4. The molecule has 8 heteroatoms. The standard InChI is InChI=1S/C19H20O8/c1-24-17(11-4-5-12(20)13(21)9-11)19-26-15-6-3-10(8-16(15)27-19)7-14(22)18(23)25-2/h3-6,8-9,14,17,19-22H,7H2,1-2H3/t14-,17-,19-/m1/s1. The Morgan fingerprint density at radius 2 is 1.81 bits per heavy atom. The number of rotatable bonds is 6. The smallest absolute Gasteiger partial charge is 0.335 e. The fraction of sp³-hybridized carbons (Fsp3) is 0.316. The van der Waals surface area contributed by atoms with Gasteiger partial charge < -0.3 is 34.3 Å². The molecular weight excluding hydrogens is 356 g/mol. The SMILES string of the molecule is COC(=O)[C@H](O)Cc1ccc2c(c1)O[C@H]([C@H](OC)c1ccc(O)c(O)c1)O2. The molecule has 8 nitrogen and oxygen atoms in total. The van der Waals surface area contributed by atoms with Crippen molar-refractivity contribution in [1.29, 1.82) is 0 Å². The number of hydrogen-bond donors (Lipinski definition) is 3. The first kappa shape index (κ1) is 18.8. The van der Waals surface area contributed by atoms with Crippen molar-refractivity contribution in [2.75, 3.05) is 14.2 Å². The van der Waals surface area contributed by atoms with Crippen LogP contribution < -0.4 is 9.47 Å². The van der Waals surface area contributed by atoms with Crippen LogP contribution in [0.4, 0.5) is 0 Å². The molecule has 3 N–H and O–H groups in total. The zero-order chi connectivity index (χ0) is 19.6. The van der Waals surface area contributed by atoms with E-state index in [4.69, 9.17) is 14.2 Å². The highest BCUT2D eigenvalue weighted by Crippen LogP contribution is 2.41. The Morgan fingerprint density at radius 3 is 2.48 bits per heavy atom. The molecule has 0 saturated heterocycles. The number of aliphatic hydroxyl groups is 1. The number of hydrogen-bond acceptors (Lipinski definition) is 8. The molecule has 2 aromatic rings. The minimum atomic E-state index is -1.27. The Labute approximate surface area is 155 Å². The fourth-order valence-electron chi connectivity index (χ4n) is 2.83. The lowest BCUT2D eigenvalue weighted by Gasteiger charge is -2.21. The number of carbonyl (C=O) groups is 1. The minimum Gasteiger partial charge on any atom is -0.504 e. The summed E-state index contributed by atoms with van der Waals surface area (Å²) >= 11 is 0. The number of phenols is 2. The second-order valence-electron chi connectivity index (χ2n) is 6.03. The highest BCUT2D eigenvalue weighted by molar-refractivity contribution is 5.74. The van der Waals surface area contributed by atoms with Gasteiger partial charge in [0.25, 0.3) is 6.29 Å². The van der Waals surface area contributed by atoms with Gasteiger partial charge >= 0.3 is 5.97 Å². The van der Waals surface area contributed by atoms with Crippen molar-refractivity contribution in [3.63, 3.8) is 0 Å². The van der Waals surface area contributed by atoms with Gasteiger partial charge in [-0.2, -0.15) is 0 Å². The summed E-state index contributed by atoms with van der Waals surface area (Å²) in [6.07, 6.45) is -2.66. The molecule has 0 amide bonds. The largest absolute Gasteiger partial charge is 0.504 e. The molecule has 144 valence electrons. The van der Waals surface area contributed by atoms with Crippen molar-refractivity contribution in [3.8, 4) is 23.0 Å². The molecular formula is C19H20O8. The molecule has 0 aliphatic carbocycles. The maximum absolute atomic E-state index is 11.4. The number of ether oxygens (including phenoxy) is 4. The van der Waals surface area contributed by atoms with Crippen molar-refractivity contribution in [2.45, 2.75) is 24.9 Å². The monoisotopic (exact) mass is 376 g/mol. The average molecular weight is 376 g/mol. The lowest BCUT2D eigenvalue weighted by Crippen LogP contribution is -2.28. The summed E-state index contributed by atoms with van der Waals surface area (Å²) in [6.45, 7) is 0. The van der Waals surface area contributed by atoms with E-state index in [1.165, 1.54) is 26.4 Å². The molecule has 0 bridgehead atoms. The van der Waals surface area contributed by atoms with Crippen LogP contribution in [-0.2, 0) is 20.7 Å². The lowest BCUT2D eigenvalue weighted by atomic mass is 10.1. The first-order valence-electron chi connectivity index (χ1n) is 8.19. The first-order chi connectivity index (χ1) is 12.9. The summed E-state index contributed by atoms with van der Waals surface area (Å²) in [5.74, 6) is -0.291. The molecule has 0 fully saturated rings. The van der Waals surface area contributed by atoms with E-state index in [9.17, 15) is 20.1 Å². The van der Waals surface area contributed by atoms with E-state index in [2.05, 4.69) is 4.74 Å². The third-order valence-electron chi connectivity index (χ3n) is 4.23. The second-order valence-corrected chi connectivity index (χ2v) is 6.03. The van der Waals surface area contributed by atoms with Gasteiger partial charge in [0, 0.05) is 13.5 Å². The predicted molar refractivity (Wildman–Crippen MR) is 92.7 cm³/mol. The molecule has 2 aromatic carbocycles. The van der Waals surface area contributed by atoms with Crippen LogP contribution in [-0.4, -0.2) is 47.9 Å². The third kappa shape index (κ3) is 3.91. The molecule has 0 saturated carbocycles. The summed E-state index contributed by atoms with van der Waals surface area (Å²) in [4.78, 5) is 11.4. The van der Waals surface area contributed by atoms with Gasteiger partial charge in [0.1, 0.15) is 0 Å². The quantitative estimate of drug-likeness (QED) is 0.515. The topological polar surface area (TPSA) is 115 Å². The number of aliphatic hydroxyl groups excluding tert-OH is 1. The lowest BCUT2D eigenvalue weighted by molar-refractivity contribution is -0.150. The highest BCUT2D eigenvalue weighted by atomic mass is 16.7. The number of methoxy groups -OCH3 is 2. The van der Waals surface area contributed by atoms with Gasteiger partial charge in [0.2, 0.25) is 0 Å². The van der Waals surface area contributed by atoms with E-state index in [1.54, 1.807) is 24.3 Å². The van der Waals surface area contributed by atoms with E-state index in [0.717, 1.165) is 0 Å². The van der Waals surface area contributed by atoms with Crippen molar-refractivity contribution in [3.05, 3.63) is 47.5 Å². The molecule has 1 heterocycles. The molecule has 1 aliphatic rings. The van der Waals surface area contributed by atoms with Crippen LogP contribution in [0.2, 0.25) is 0 Å². The Morgan fingerprint density at radius 1 is 1.07 bits per heavy atom. The van der Waals surface area contributed by atoms with E-state index in [-0.39, 0.29) is 17.9 Å². The average Bonchev–Trinajstić information content (AvgIpc) is 3.07. The third-order valence-corrected chi connectivity index (χ3v) is 4.23. The summed E-state index contributed by atoms with van der Waals surface area (Å²) in [7, 11) is 2.68. The summed E-state index contributed by atoms with van der Waals surface area (Å²) < 4.78 is 21.5. The number of esters is 1. The van der Waals surface area contributed by atoms with Gasteiger partial charge in [-0.15, -0.1) is 0 Å². The Kier molecular flexibility index (Phi) is 5.38. The Balaban J connectivity index is 1.76. The van der Waals surface area contributed by atoms with Gasteiger partial charge in [0.15, 0.2) is 35.2 Å². The van der Waals surface area contributed by atoms with Gasteiger partial charge in [-0.05, 0) is 35.4 Å². The van der Waals surface area contributed by atoms with Crippen LogP contribution in [0, 0.1) is 0 Å². The second kappa shape index (κ2) is 7.73. The fourth-order valence-corrected chi connectivity index (χ4v) is 2.83. The zero-order valence-electron chi connectivity index (χ0n) is 14.8. The molecule has 27 heavy (non-hydrogen) atoms. The first-order valence-corrected chi connectivity index (χ1v) is 8.19. The van der Waals surface area contributed by atoms with Crippen LogP contribution >= 0.6 is 0 Å². The highest BCUT2D eigenvalue weighted by Gasteiger charge is 2.34. The van der Waals surface area contributed by atoms with Crippen LogP contribution in [0.3, 0.4) is 0 Å². The molecule has 3 rings (SSSR count). The zero-order valence-corrected chi connectivity index (χ0v) is 14.8. The summed E-state index contributed by atoms with van der Waals surface area (Å²) in [6, 6.07) is 9.38.